The van der Waals surface area contributed by atoms with E-state index in [1.807, 2.05) is 0 Å². The maximum atomic E-state index is 12.2. The second-order valence-electron chi connectivity index (χ2n) is 3.60. The first-order valence-corrected chi connectivity index (χ1v) is 7.69. The molecule has 0 fully saturated rings. The highest BCUT2D eigenvalue weighted by molar-refractivity contribution is 7.93. The van der Waals surface area contributed by atoms with Crippen LogP contribution < -0.4 is 10.0 Å². The summed E-state index contributed by atoms with van der Waals surface area (Å²) in [5, 5.41) is 15.5. The molecule has 0 spiro atoms. The van der Waals surface area contributed by atoms with E-state index in [0.717, 1.165) is 11.3 Å². The van der Waals surface area contributed by atoms with E-state index in [4.69, 9.17) is 0 Å². The SMILES string of the molecule is CNc1cccc(S(=O)(=O)Nc2nccs2)c1[N+](=O)[O-]. The maximum absolute atomic E-state index is 12.2. The van der Waals surface area contributed by atoms with Gasteiger partial charge < -0.3 is 5.32 Å². The molecule has 8 nitrogen and oxygen atoms in total. The van der Waals surface area contributed by atoms with Crippen LogP contribution in [0.4, 0.5) is 16.5 Å². The molecule has 0 aliphatic heterocycles. The smallest absolute Gasteiger partial charge is 0.312 e. The van der Waals surface area contributed by atoms with Crippen molar-refractivity contribution in [3.05, 3.63) is 39.9 Å². The Hall–Kier alpha value is -2.20. The van der Waals surface area contributed by atoms with Gasteiger partial charge in [0.1, 0.15) is 5.69 Å². The number of hydrogen-bond donors (Lipinski definition) is 2. The Morgan fingerprint density at radius 3 is 2.70 bits per heavy atom. The Morgan fingerprint density at radius 1 is 1.40 bits per heavy atom. The molecule has 0 saturated heterocycles. The molecule has 0 unspecified atom stereocenters. The van der Waals surface area contributed by atoms with Crippen molar-refractivity contribution < 1.29 is 13.3 Å². The van der Waals surface area contributed by atoms with Gasteiger partial charge in [-0.3, -0.25) is 14.8 Å². The quantitative estimate of drug-likeness (QED) is 0.643. The van der Waals surface area contributed by atoms with Gasteiger partial charge in [0.15, 0.2) is 10.0 Å². The van der Waals surface area contributed by atoms with Crippen LogP contribution in [0.1, 0.15) is 0 Å². The Kier molecular flexibility index (Phi) is 3.86. The summed E-state index contributed by atoms with van der Waals surface area (Å²) in [4.78, 5) is 13.8. The summed E-state index contributed by atoms with van der Waals surface area (Å²) in [5.74, 6) is 0. The van der Waals surface area contributed by atoms with Crippen LogP contribution in [0.5, 0.6) is 0 Å². The third-order valence-corrected chi connectivity index (χ3v) is 4.58. The van der Waals surface area contributed by atoms with Gasteiger partial charge in [-0.2, -0.15) is 0 Å². The van der Waals surface area contributed by atoms with Crippen LogP contribution in [-0.4, -0.2) is 25.4 Å². The summed E-state index contributed by atoms with van der Waals surface area (Å²) in [5.41, 5.74) is -0.379. The number of nitro benzene ring substituents is 1. The van der Waals surface area contributed by atoms with Crippen molar-refractivity contribution in [2.75, 3.05) is 17.1 Å². The van der Waals surface area contributed by atoms with Gasteiger partial charge in [-0.05, 0) is 12.1 Å². The van der Waals surface area contributed by atoms with Crippen LogP contribution in [0.2, 0.25) is 0 Å². The number of nitro groups is 1. The van der Waals surface area contributed by atoms with E-state index in [-0.39, 0.29) is 10.8 Å². The minimum atomic E-state index is -4.08. The molecule has 0 aliphatic rings. The molecule has 10 heteroatoms. The fourth-order valence-corrected chi connectivity index (χ4v) is 3.56. The van der Waals surface area contributed by atoms with Crippen molar-refractivity contribution in [3.63, 3.8) is 0 Å². The third-order valence-electron chi connectivity index (χ3n) is 2.39. The molecule has 2 aromatic rings. The highest BCUT2D eigenvalue weighted by atomic mass is 32.2. The van der Waals surface area contributed by atoms with E-state index in [1.54, 1.807) is 5.38 Å². The zero-order valence-electron chi connectivity index (χ0n) is 10.2. The van der Waals surface area contributed by atoms with Gasteiger partial charge in [0.05, 0.1) is 4.92 Å². The average molecular weight is 314 g/mol. The molecule has 0 radical (unpaired) electrons. The lowest BCUT2D eigenvalue weighted by Gasteiger charge is -2.08. The Morgan fingerprint density at radius 2 is 2.15 bits per heavy atom. The number of sulfonamides is 1. The van der Waals surface area contributed by atoms with Crippen LogP contribution in [-0.2, 0) is 10.0 Å². The third kappa shape index (κ3) is 2.70. The number of rotatable bonds is 5. The standard InChI is InChI=1S/C10H10N4O4S2/c1-11-7-3-2-4-8(9(7)14(15)16)20(17,18)13-10-12-5-6-19-10/h2-6,11H,1H3,(H,12,13). The molecule has 20 heavy (non-hydrogen) atoms. The number of nitrogens with one attached hydrogen (secondary N) is 2. The van der Waals surface area contributed by atoms with E-state index in [9.17, 15) is 18.5 Å². The van der Waals surface area contributed by atoms with Crippen LogP contribution in [0.15, 0.2) is 34.7 Å². The topological polar surface area (TPSA) is 114 Å². The van der Waals surface area contributed by atoms with Crippen molar-refractivity contribution in [2.24, 2.45) is 0 Å². The van der Waals surface area contributed by atoms with Crippen LogP contribution >= 0.6 is 11.3 Å². The molecule has 0 atom stereocenters. The summed E-state index contributed by atoms with van der Waals surface area (Å²) in [7, 11) is -2.60. The number of hydrogen-bond acceptors (Lipinski definition) is 7. The zero-order valence-corrected chi connectivity index (χ0v) is 11.9. The molecular weight excluding hydrogens is 304 g/mol. The van der Waals surface area contributed by atoms with E-state index >= 15 is 0 Å². The highest BCUT2D eigenvalue weighted by Gasteiger charge is 2.29. The second-order valence-corrected chi connectivity index (χ2v) is 6.15. The minimum absolute atomic E-state index is 0.122. The second kappa shape index (κ2) is 5.43. The van der Waals surface area contributed by atoms with Crippen molar-refractivity contribution in [1.82, 2.24) is 4.98 Å². The molecule has 1 heterocycles. The van der Waals surface area contributed by atoms with Gasteiger partial charge in [0.25, 0.3) is 10.0 Å². The number of aromatic nitrogens is 1. The number of benzene rings is 1. The summed E-state index contributed by atoms with van der Waals surface area (Å²) in [6.45, 7) is 0. The molecule has 0 amide bonds. The Labute approximate surface area is 118 Å². The number of para-hydroxylation sites is 1. The summed E-state index contributed by atoms with van der Waals surface area (Å²) in [6, 6.07) is 4.03. The fourth-order valence-electron chi connectivity index (χ4n) is 1.57. The van der Waals surface area contributed by atoms with E-state index in [1.165, 1.54) is 31.4 Å². The zero-order chi connectivity index (χ0) is 14.8. The molecule has 1 aromatic carbocycles. The normalized spacial score (nSPS) is 11.1. The Bertz CT molecular complexity index is 728. The first-order valence-electron chi connectivity index (χ1n) is 5.33. The van der Waals surface area contributed by atoms with Crippen LogP contribution in [0, 0.1) is 10.1 Å². The van der Waals surface area contributed by atoms with Gasteiger partial charge in [0.2, 0.25) is 0 Å². The fraction of sp³-hybridized carbons (Fsp3) is 0.100. The first-order chi connectivity index (χ1) is 9.45. The highest BCUT2D eigenvalue weighted by Crippen LogP contribution is 2.32. The number of thiazole rings is 1. The van der Waals surface area contributed by atoms with E-state index < -0.39 is 25.5 Å². The average Bonchev–Trinajstić information content (AvgIpc) is 2.89. The summed E-state index contributed by atoms with van der Waals surface area (Å²) < 4.78 is 26.6. The first kappa shape index (κ1) is 14.2. The lowest BCUT2D eigenvalue weighted by atomic mass is 10.3. The molecule has 0 saturated carbocycles. The molecule has 2 rings (SSSR count). The molecular formula is C10H10N4O4S2. The number of nitrogens with zero attached hydrogens (tertiary/aromatic N) is 2. The molecule has 106 valence electrons. The monoisotopic (exact) mass is 314 g/mol. The largest absolute Gasteiger partial charge is 0.383 e. The minimum Gasteiger partial charge on any atom is -0.383 e. The predicted molar refractivity (Wildman–Crippen MR) is 75.6 cm³/mol. The van der Waals surface area contributed by atoms with Crippen molar-refractivity contribution >= 4 is 37.9 Å². The van der Waals surface area contributed by atoms with Gasteiger partial charge >= 0.3 is 5.69 Å². The summed E-state index contributed by atoms with van der Waals surface area (Å²) in [6.07, 6.45) is 1.43. The maximum Gasteiger partial charge on any atom is 0.312 e. The van der Waals surface area contributed by atoms with E-state index in [2.05, 4.69) is 15.0 Å². The van der Waals surface area contributed by atoms with Crippen LogP contribution in [0.3, 0.4) is 0 Å². The Balaban J connectivity index is 2.54. The van der Waals surface area contributed by atoms with Gasteiger partial charge in [-0.15, -0.1) is 11.3 Å². The van der Waals surface area contributed by atoms with Crippen molar-refractivity contribution in [2.45, 2.75) is 4.90 Å². The number of anilines is 2. The van der Waals surface area contributed by atoms with Gasteiger partial charge in [-0.1, -0.05) is 6.07 Å². The van der Waals surface area contributed by atoms with Crippen molar-refractivity contribution in [3.8, 4) is 0 Å². The van der Waals surface area contributed by atoms with Gasteiger partial charge in [0, 0.05) is 18.6 Å². The predicted octanol–water partition coefficient (Wildman–Crippen LogP) is 1.89. The van der Waals surface area contributed by atoms with E-state index in [0.29, 0.717) is 0 Å². The lowest BCUT2D eigenvalue weighted by molar-refractivity contribution is -0.386. The summed E-state index contributed by atoms with van der Waals surface area (Å²) >= 11 is 1.08. The van der Waals surface area contributed by atoms with Gasteiger partial charge in [-0.25, -0.2) is 13.4 Å². The molecule has 0 bridgehead atoms. The van der Waals surface area contributed by atoms with Crippen molar-refractivity contribution in [1.29, 1.82) is 0 Å². The lowest BCUT2D eigenvalue weighted by Crippen LogP contribution is -2.15. The molecule has 2 N–H and O–H groups in total. The van der Waals surface area contributed by atoms with Crippen LogP contribution in [0.25, 0.3) is 0 Å². The molecule has 0 aliphatic carbocycles. The molecule has 1 aromatic heterocycles.